The van der Waals surface area contributed by atoms with Crippen molar-refractivity contribution in [3.63, 3.8) is 0 Å². The summed E-state index contributed by atoms with van der Waals surface area (Å²) in [4.78, 5) is 34.9. The molecule has 2 aromatic carbocycles. The lowest BCUT2D eigenvalue weighted by molar-refractivity contribution is -0.390. The average Bonchev–Trinajstić information content (AvgIpc) is 3.43. The van der Waals surface area contributed by atoms with Gasteiger partial charge in [0, 0.05) is 29.4 Å². The van der Waals surface area contributed by atoms with Crippen molar-refractivity contribution in [2.75, 3.05) is 7.11 Å². The van der Waals surface area contributed by atoms with Crippen molar-refractivity contribution >= 4 is 55.5 Å². The first-order chi connectivity index (χ1) is 18.0. The summed E-state index contributed by atoms with van der Waals surface area (Å²) in [6.07, 6.45) is -0.934. The van der Waals surface area contributed by atoms with Gasteiger partial charge in [-0.2, -0.15) is 9.69 Å². The minimum Gasteiger partial charge on any atom is -0.496 e. The van der Waals surface area contributed by atoms with Crippen LogP contribution in [-0.4, -0.2) is 44.6 Å². The lowest BCUT2D eigenvalue weighted by Crippen LogP contribution is -2.25. The molecular formula is C24H21Br2N5O7. The van der Waals surface area contributed by atoms with Crippen LogP contribution in [0.1, 0.15) is 42.5 Å². The molecule has 0 N–H and O–H groups in total. The molecule has 1 aromatic heterocycles. The second-order valence-corrected chi connectivity index (χ2v) is 9.89. The number of esters is 1. The fourth-order valence-electron chi connectivity index (χ4n) is 3.82. The van der Waals surface area contributed by atoms with Crippen LogP contribution in [-0.2, 0) is 20.9 Å². The smallest absolute Gasteiger partial charge is 0.404 e. The number of aromatic nitrogens is 2. The van der Waals surface area contributed by atoms with E-state index in [-0.39, 0.29) is 34.4 Å². The van der Waals surface area contributed by atoms with Crippen LogP contribution in [0.15, 0.2) is 50.4 Å². The zero-order chi connectivity index (χ0) is 27.7. The highest BCUT2D eigenvalue weighted by molar-refractivity contribution is 9.10. The molecule has 1 aliphatic heterocycles. The third-order valence-corrected chi connectivity index (χ3v) is 7.01. The van der Waals surface area contributed by atoms with E-state index in [0.29, 0.717) is 32.6 Å². The summed E-state index contributed by atoms with van der Waals surface area (Å²) in [7, 11) is 1.51. The van der Waals surface area contributed by atoms with E-state index in [1.165, 1.54) is 30.6 Å². The predicted octanol–water partition coefficient (Wildman–Crippen LogP) is 4.85. The van der Waals surface area contributed by atoms with Crippen LogP contribution in [0.4, 0.5) is 5.82 Å². The summed E-state index contributed by atoms with van der Waals surface area (Å²) in [5.74, 6) is -0.375. The fourth-order valence-corrected chi connectivity index (χ4v) is 4.61. The molecule has 38 heavy (non-hydrogen) atoms. The SMILES string of the molecule is COc1ccc(C2OC(c3cc(Br)ccc3OC(C)=O)=NN2C(C)=O)cc1Cn1nc([N+](=O)[O-])c(Br)c1C. The van der Waals surface area contributed by atoms with Crippen LogP contribution in [0.2, 0.25) is 0 Å². The molecule has 4 rings (SSSR count). The van der Waals surface area contributed by atoms with Crippen LogP contribution in [0.3, 0.4) is 0 Å². The zero-order valence-corrected chi connectivity index (χ0v) is 23.8. The molecule has 198 valence electrons. The highest BCUT2D eigenvalue weighted by Gasteiger charge is 2.35. The Labute approximate surface area is 233 Å². The number of hydrogen-bond donors (Lipinski definition) is 0. The normalized spacial score (nSPS) is 14.6. The topological polar surface area (TPSA) is 138 Å². The standard InChI is InChI=1S/C24H21Br2N5O7/c1-12-21(26)22(31(34)35)27-29(12)11-16-9-15(5-7-19(16)36-4)24-30(13(2)32)28-23(38-24)18-10-17(25)6-8-20(18)37-14(3)33/h5-10,24H,11H2,1-4H3. The van der Waals surface area contributed by atoms with Crippen LogP contribution >= 0.6 is 31.9 Å². The quantitative estimate of drug-likeness (QED) is 0.153. The van der Waals surface area contributed by atoms with Crippen molar-refractivity contribution in [3.05, 3.63) is 77.8 Å². The first-order valence-corrected chi connectivity index (χ1v) is 12.7. The summed E-state index contributed by atoms with van der Waals surface area (Å²) in [6, 6.07) is 10.1. The van der Waals surface area contributed by atoms with Crippen LogP contribution in [0, 0.1) is 17.0 Å². The van der Waals surface area contributed by atoms with Crippen molar-refractivity contribution in [3.8, 4) is 11.5 Å². The third-order valence-electron chi connectivity index (χ3n) is 5.59. The molecule has 1 atom stereocenters. The highest BCUT2D eigenvalue weighted by atomic mass is 79.9. The number of methoxy groups -OCH3 is 1. The maximum Gasteiger partial charge on any atom is 0.404 e. The van der Waals surface area contributed by atoms with Gasteiger partial charge in [-0.05, 0) is 64.2 Å². The van der Waals surface area contributed by atoms with Crippen molar-refractivity contribution in [2.45, 2.75) is 33.5 Å². The van der Waals surface area contributed by atoms with Gasteiger partial charge in [0.1, 0.15) is 16.0 Å². The Morgan fingerprint density at radius 1 is 1.16 bits per heavy atom. The Balaban J connectivity index is 1.72. The zero-order valence-electron chi connectivity index (χ0n) is 20.6. The first-order valence-electron chi connectivity index (χ1n) is 11.1. The van der Waals surface area contributed by atoms with Gasteiger partial charge in [-0.3, -0.25) is 9.59 Å². The molecule has 1 aliphatic rings. The number of carbonyl (C=O) groups is 2. The number of amides is 1. The van der Waals surface area contributed by atoms with Crippen LogP contribution in [0.5, 0.6) is 11.5 Å². The van der Waals surface area contributed by atoms with Crippen molar-refractivity contribution in [1.82, 2.24) is 14.8 Å². The number of rotatable bonds is 7. The number of nitro groups is 1. The molecule has 12 nitrogen and oxygen atoms in total. The van der Waals surface area contributed by atoms with E-state index in [9.17, 15) is 19.7 Å². The molecule has 1 unspecified atom stereocenters. The van der Waals surface area contributed by atoms with Crippen molar-refractivity contribution < 1.29 is 28.7 Å². The Hall–Kier alpha value is -3.78. The molecule has 0 spiro atoms. The molecule has 0 bridgehead atoms. The predicted molar refractivity (Wildman–Crippen MR) is 142 cm³/mol. The number of hydrogen-bond acceptors (Lipinski definition) is 9. The third kappa shape index (κ3) is 5.41. The lowest BCUT2D eigenvalue weighted by Gasteiger charge is -2.21. The molecule has 1 amide bonds. The van der Waals surface area contributed by atoms with E-state index in [1.54, 1.807) is 43.3 Å². The minimum absolute atomic E-state index is 0.0857. The Morgan fingerprint density at radius 3 is 2.47 bits per heavy atom. The number of carbonyl (C=O) groups excluding carboxylic acids is 2. The Morgan fingerprint density at radius 2 is 1.87 bits per heavy atom. The Kier molecular flexibility index (Phi) is 7.83. The molecule has 0 saturated heterocycles. The second kappa shape index (κ2) is 10.9. The maximum atomic E-state index is 12.5. The highest BCUT2D eigenvalue weighted by Crippen LogP contribution is 2.36. The molecule has 0 fully saturated rings. The lowest BCUT2D eigenvalue weighted by atomic mass is 10.1. The molecule has 0 radical (unpaired) electrons. The van der Waals surface area contributed by atoms with Gasteiger partial charge in [-0.25, -0.2) is 0 Å². The van der Waals surface area contributed by atoms with E-state index in [4.69, 9.17) is 14.2 Å². The van der Waals surface area contributed by atoms with E-state index >= 15 is 0 Å². The van der Waals surface area contributed by atoms with Crippen molar-refractivity contribution in [2.24, 2.45) is 5.10 Å². The Bertz CT molecular complexity index is 1490. The molecular weight excluding hydrogens is 630 g/mol. The number of nitrogens with zero attached hydrogens (tertiary/aromatic N) is 5. The average molecular weight is 651 g/mol. The summed E-state index contributed by atoms with van der Waals surface area (Å²) < 4.78 is 19.4. The van der Waals surface area contributed by atoms with Gasteiger partial charge in [-0.15, -0.1) is 5.10 Å². The number of halogens is 2. The monoisotopic (exact) mass is 649 g/mol. The summed E-state index contributed by atoms with van der Waals surface area (Å²) in [5.41, 5.74) is 2.14. The van der Waals surface area contributed by atoms with Gasteiger partial charge in [0.2, 0.25) is 18.0 Å². The minimum atomic E-state index is -0.934. The maximum absolute atomic E-state index is 12.5. The van der Waals surface area contributed by atoms with E-state index in [2.05, 4.69) is 42.1 Å². The molecule has 2 heterocycles. The molecule has 3 aromatic rings. The van der Waals surface area contributed by atoms with Crippen molar-refractivity contribution in [1.29, 1.82) is 0 Å². The fraction of sp³-hybridized carbons (Fsp3) is 0.250. The first kappa shape index (κ1) is 27.3. The number of hydrazone groups is 1. The van der Waals surface area contributed by atoms with Gasteiger partial charge in [0.15, 0.2) is 0 Å². The van der Waals surface area contributed by atoms with Gasteiger partial charge in [0.05, 0.1) is 30.0 Å². The molecule has 0 aliphatic carbocycles. The number of ether oxygens (including phenoxy) is 3. The molecule has 0 saturated carbocycles. The van der Waals surface area contributed by atoms with Gasteiger partial charge in [0.25, 0.3) is 0 Å². The number of benzene rings is 2. The molecule has 14 heteroatoms. The van der Waals surface area contributed by atoms with Crippen LogP contribution < -0.4 is 9.47 Å². The van der Waals surface area contributed by atoms with E-state index in [1.807, 2.05) is 0 Å². The summed E-state index contributed by atoms with van der Waals surface area (Å²) in [6.45, 7) is 4.49. The largest absolute Gasteiger partial charge is 0.496 e. The van der Waals surface area contributed by atoms with E-state index < -0.39 is 17.1 Å². The summed E-state index contributed by atoms with van der Waals surface area (Å²) >= 11 is 6.62. The summed E-state index contributed by atoms with van der Waals surface area (Å²) in [5, 5.41) is 21.0. The van der Waals surface area contributed by atoms with E-state index in [0.717, 1.165) is 0 Å². The van der Waals surface area contributed by atoms with Gasteiger partial charge < -0.3 is 24.3 Å². The van der Waals surface area contributed by atoms with Crippen LogP contribution in [0.25, 0.3) is 0 Å². The van der Waals surface area contributed by atoms with Gasteiger partial charge in [-0.1, -0.05) is 15.9 Å². The second-order valence-electron chi connectivity index (χ2n) is 8.18. The van der Waals surface area contributed by atoms with Gasteiger partial charge >= 0.3 is 11.8 Å².